The molecule has 1 atom stereocenters. The fourth-order valence-electron chi connectivity index (χ4n) is 1.34. The van der Waals surface area contributed by atoms with E-state index in [0.717, 1.165) is 0 Å². The van der Waals surface area contributed by atoms with Crippen LogP contribution >= 0.6 is 0 Å². The first-order valence-corrected chi connectivity index (χ1v) is 4.55. The molecule has 6 heteroatoms. The van der Waals surface area contributed by atoms with Crippen molar-refractivity contribution < 1.29 is 19.1 Å². The predicted octanol–water partition coefficient (Wildman–Crippen LogP) is 0.921. The molecule has 84 valence electrons. The largest absolute Gasteiger partial charge is 0.493 e. The van der Waals surface area contributed by atoms with Crippen molar-refractivity contribution in [2.75, 3.05) is 7.11 Å². The van der Waals surface area contributed by atoms with Crippen LogP contribution < -0.4 is 10.5 Å². The molecule has 16 heavy (non-hydrogen) atoms. The zero-order chi connectivity index (χ0) is 11.7. The van der Waals surface area contributed by atoms with Crippen molar-refractivity contribution in [2.45, 2.75) is 6.04 Å². The number of aliphatic carboxylic acids is 1. The van der Waals surface area contributed by atoms with Crippen molar-refractivity contribution in [3.05, 3.63) is 24.1 Å². The molecule has 6 nitrogen and oxygen atoms in total. The van der Waals surface area contributed by atoms with Crippen LogP contribution in [0.25, 0.3) is 11.1 Å². The van der Waals surface area contributed by atoms with Crippen LogP contribution in [0.15, 0.2) is 22.6 Å². The molecule has 0 bridgehead atoms. The summed E-state index contributed by atoms with van der Waals surface area (Å²) in [6.07, 6.45) is 0. The molecule has 0 spiro atoms. The number of aromatic nitrogens is 1. The van der Waals surface area contributed by atoms with Crippen molar-refractivity contribution in [3.63, 3.8) is 0 Å². The second-order valence-electron chi connectivity index (χ2n) is 3.18. The lowest BCUT2D eigenvalue weighted by atomic mass is 10.3. The standard InChI is InChI=1S/C10H10N2O4/c1-15-6-4-2-3-5-8(6)16-9(12-5)7(11)10(13)14/h2-4,7H,11H2,1H3,(H,13,14). The van der Waals surface area contributed by atoms with Gasteiger partial charge in [-0.15, -0.1) is 0 Å². The Morgan fingerprint density at radius 1 is 1.62 bits per heavy atom. The molecular formula is C10H10N2O4. The lowest BCUT2D eigenvalue weighted by molar-refractivity contribution is -0.139. The monoisotopic (exact) mass is 222 g/mol. The van der Waals surface area contributed by atoms with E-state index in [2.05, 4.69) is 4.98 Å². The van der Waals surface area contributed by atoms with E-state index >= 15 is 0 Å². The van der Waals surface area contributed by atoms with Crippen molar-refractivity contribution in [2.24, 2.45) is 5.73 Å². The molecule has 3 N–H and O–H groups in total. The number of benzene rings is 1. The number of carbonyl (C=O) groups is 1. The van der Waals surface area contributed by atoms with Gasteiger partial charge in [-0.3, -0.25) is 0 Å². The maximum absolute atomic E-state index is 10.7. The van der Waals surface area contributed by atoms with Gasteiger partial charge in [0.15, 0.2) is 17.4 Å². The number of rotatable bonds is 3. The summed E-state index contributed by atoms with van der Waals surface area (Å²) in [5.74, 6) is -0.730. The third kappa shape index (κ3) is 1.59. The van der Waals surface area contributed by atoms with E-state index < -0.39 is 12.0 Å². The van der Waals surface area contributed by atoms with E-state index in [9.17, 15) is 4.79 Å². The first-order chi connectivity index (χ1) is 7.63. The van der Waals surface area contributed by atoms with Crippen LogP contribution in [0, 0.1) is 0 Å². The first-order valence-electron chi connectivity index (χ1n) is 4.55. The van der Waals surface area contributed by atoms with Crippen LogP contribution in [-0.2, 0) is 4.79 Å². The van der Waals surface area contributed by atoms with Gasteiger partial charge in [0.25, 0.3) is 0 Å². The maximum Gasteiger partial charge on any atom is 0.330 e. The number of carboxylic acid groups (broad SMARTS) is 1. The number of oxazole rings is 1. The van der Waals surface area contributed by atoms with Crippen LogP contribution in [0.2, 0.25) is 0 Å². The summed E-state index contributed by atoms with van der Waals surface area (Å²) in [5, 5.41) is 8.73. The summed E-state index contributed by atoms with van der Waals surface area (Å²) in [6.45, 7) is 0. The number of hydrogen-bond donors (Lipinski definition) is 2. The number of hydrogen-bond acceptors (Lipinski definition) is 5. The Bertz CT molecular complexity index is 535. The Kier molecular flexibility index (Phi) is 2.49. The second-order valence-corrected chi connectivity index (χ2v) is 3.18. The van der Waals surface area contributed by atoms with Crippen molar-refractivity contribution in [3.8, 4) is 5.75 Å². The van der Waals surface area contributed by atoms with Gasteiger partial charge in [0.1, 0.15) is 5.52 Å². The zero-order valence-electron chi connectivity index (χ0n) is 8.51. The smallest absolute Gasteiger partial charge is 0.330 e. The minimum atomic E-state index is -1.27. The van der Waals surface area contributed by atoms with Crippen molar-refractivity contribution in [1.82, 2.24) is 4.98 Å². The summed E-state index contributed by atoms with van der Waals surface area (Å²) in [5.41, 5.74) is 6.32. The van der Waals surface area contributed by atoms with Gasteiger partial charge in [0, 0.05) is 0 Å². The van der Waals surface area contributed by atoms with Gasteiger partial charge in [-0.1, -0.05) is 6.07 Å². The Hall–Kier alpha value is -2.08. The zero-order valence-corrected chi connectivity index (χ0v) is 8.51. The predicted molar refractivity (Wildman–Crippen MR) is 55.1 cm³/mol. The van der Waals surface area contributed by atoms with Gasteiger partial charge >= 0.3 is 5.97 Å². The Balaban J connectivity index is 2.55. The third-order valence-corrected chi connectivity index (χ3v) is 2.15. The third-order valence-electron chi connectivity index (χ3n) is 2.15. The van der Waals surface area contributed by atoms with Crippen LogP contribution in [0.5, 0.6) is 5.75 Å². The fourth-order valence-corrected chi connectivity index (χ4v) is 1.34. The van der Waals surface area contributed by atoms with Gasteiger partial charge in [0.05, 0.1) is 7.11 Å². The number of ether oxygens (including phenoxy) is 1. The highest BCUT2D eigenvalue weighted by atomic mass is 16.5. The van der Waals surface area contributed by atoms with E-state index in [0.29, 0.717) is 16.8 Å². The first kappa shape index (κ1) is 10.4. The van der Waals surface area contributed by atoms with Gasteiger partial charge < -0.3 is 20.0 Å². The second kappa shape index (κ2) is 3.82. The summed E-state index contributed by atoms with van der Waals surface area (Å²) in [4.78, 5) is 14.7. The molecule has 2 aromatic rings. The topological polar surface area (TPSA) is 98.6 Å². The van der Waals surface area contributed by atoms with E-state index in [1.807, 2.05) is 0 Å². The average Bonchev–Trinajstić information content (AvgIpc) is 2.70. The quantitative estimate of drug-likeness (QED) is 0.801. The number of carboxylic acids is 1. The molecular weight excluding hydrogens is 212 g/mol. The fraction of sp³-hybridized carbons (Fsp3) is 0.200. The van der Waals surface area contributed by atoms with Crippen molar-refractivity contribution >= 4 is 17.1 Å². The van der Waals surface area contributed by atoms with Gasteiger partial charge in [-0.05, 0) is 12.1 Å². The molecule has 0 aliphatic heterocycles. The van der Waals surface area contributed by atoms with E-state index in [1.165, 1.54) is 7.11 Å². The van der Waals surface area contributed by atoms with Gasteiger partial charge in [-0.2, -0.15) is 0 Å². The van der Waals surface area contributed by atoms with E-state index in [4.69, 9.17) is 20.0 Å². The van der Waals surface area contributed by atoms with Crippen LogP contribution in [0.4, 0.5) is 0 Å². The SMILES string of the molecule is COc1cccc2nc(C(N)C(=O)O)oc12. The average molecular weight is 222 g/mol. The van der Waals surface area contributed by atoms with Crippen LogP contribution in [0.3, 0.4) is 0 Å². The molecule has 0 fully saturated rings. The van der Waals surface area contributed by atoms with Crippen molar-refractivity contribution in [1.29, 1.82) is 0 Å². The number of methoxy groups -OCH3 is 1. The number of para-hydroxylation sites is 1. The number of nitrogens with two attached hydrogens (primary N) is 1. The highest BCUT2D eigenvalue weighted by molar-refractivity contribution is 5.81. The Labute approximate surface area is 90.6 Å². The molecule has 2 rings (SSSR count). The summed E-state index contributed by atoms with van der Waals surface area (Å²) in [6, 6.07) is 3.86. The van der Waals surface area contributed by atoms with E-state index in [1.54, 1.807) is 18.2 Å². The number of nitrogens with zero attached hydrogens (tertiary/aromatic N) is 1. The Morgan fingerprint density at radius 3 is 3.00 bits per heavy atom. The van der Waals surface area contributed by atoms with Crippen LogP contribution in [0.1, 0.15) is 11.9 Å². The molecule has 1 heterocycles. The Morgan fingerprint density at radius 2 is 2.38 bits per heavy atom. The minimum absolute atomic E-state index is 0.0352. The summed E-state index contributed by atoms with van der Waals surface area (Å²) >= 11 is 0. The minimum Gasteiger partial charge on any atom is -0.493 e. The normalized spacial score (nSPS) is 12.6. The lowest BCUT2D eigenvalue weighted by Crippen LogP contribution is -2.20. The highest BCUT2D eigenvalue weighted by Crippen LogP contribution is 2.27. The molecule has 0 saturated heterocycles. The van der Waals surface area contributed by atoms with Gasteiger partial charge in [-0.25, -0.2) is 9.78 Å². The highest BCUT2D eigenvalue weighted by Gasteiger charge is 2.21. The molecule has 1 unspecified atom stereocenters. The molecule has 0 saturated carbocycles. The van der Waals surface area contributed by atoms with E-state index in [-0.39, 0.29) is 5.89 Å². The van der Waals surface area contributed by atoms with Crippen LogP contribution in [-0.4, -0.2) is 23.2 Å². The molecule has 0 aliphatic rings. The summed E-state index contributed by atoms with van der Waals surface area (Å²) in [7, 11) is 1.49. The molecule has 0 aliphatic carbocycles. The lowest BCUT2D eigenvalue weighted by Gasteiger charge is -1.99. The van der Waals surface area contributed by atoms with Gasteiger partial charge in [0.2, 0.25) is 5.89 Å². The molecule has 1 aromatic carbocycles. The molecule has 0 amide bonds. The number of fused-ring (bicyclic) bond motifs is 1. The molecule has 0 radical (unpaired) electrons. The molecule has 1 aromatic heterocycles. The summed E-state index contributed by atoms with van der Waals surface area (Å²) < 4.78 is 10.3. The maximum atomic E-state index is 10.7.